The van der Waals surface area contributed by atoms with Gasteiger partial charge in [0.05, 0.1) is 19.1 Å². The topological polar surface area (TPSA) is 49.3 Å². The van der Waals surface area contributed by atoms with E-state index in [4.69, 9.17) is 5.11 Å². The zero-order valence-corrected chi connectivity index (χ0v) is 10.8. The number of amides is 1. The van der Waals surface area contributed by atoms with Crippen LogP contribution < -0.4 is 5.32 Å². The van der Waals surface area contributed by atoms with E-state index in [1.54, 1.807) is 0 Å². The first-order valence-corrected chi connectivity index (χ1v) is 6.09. The van der Waals surface area contributed by atoms with Crippen LogP contribution in [0, 0.1) is 0 Å². The lowest BCUT2D eigenvalue weighted by Crippen LogP contribution is -2.37. The molecule has 0 saturated carbocycles. The second kappa shape index (κ2) is 6.66. The molecule has 88 valence electrons. The molecule has 16 heavy (non-hydrogen) atoms. The lowest BCUT2D eigenvalue weighted by molar-refractivity contribution is -0.121. The number of benzene rings is 1. The Morgan fingerprint density at radius 1 is 1.56 bits per heavy atom. The smallest absolute Gasteiger partial charge is 0.224 e. The number of hydrogen-bond acceptors (Lipinski definition) is 2. The van der Waals surface area contributed by atoms with Crippen LogP contribution in [0.1, 0.15) is 18.9 Å². The standard InChI is InChI=1S/C12H16BrNO2/c1-2-11(8-15)14-12(16)7-9-4-3-5-10(13)6-9/h3-6,11,15H,2,7-8H2,1H3,(H,14,16)/t11-/m0/s1. The third-order valence-corrected chi connectivity index (χ3v) is 2.83. The predicted octanol–water partition coefficient (Wildman–Crippen LogP) is 1.88. The quantitative estimate of drug-likeness (QED) is 0.868. The molecule has 3 nitrogen and oxygen atoms in total. The Morgan fingerprint density at radius 3 is 2.88 bits per heavy atom. The summed E-state index contributed by atoms with van der Waals surface area (Å²) in [6.07, 6.45) is 1.08. The highest BCUT2D eigenvalue weighted by molar-refractivity contribution is 9.10. The molecule has 0 fully saturated rings. The molecule has 0 unspecified atom stereocenters. The first kappa shape index (κ1) is 13.2. The van der Waals surface area contributed by atoms with Crippen molar-refractivity contribution in [1.82, 2.24) is 5.32 Å². The van der Waals surface area contributed by atoms with Crippen LogP contribution in [0.4, 0.5) is 0 Å². The minimum absolute atomic E-state index is 0.0132. The number of aliphatic hydroxyl groups is 1. The molecule has 0 aliphatic carbocycles. The molecule has 1 aromatic carbocycles. The number of carbonyl (C=O) groups excluding carboxylic acids is 1. The van der Waals surface area contributed by atoms with E-state index in [-0.39, 0.29) is 18.6 Å². The summed E-state index contributed by atoms with van der Waals surface area (Å²) in [5.74, 6) is -0.0565. The maximum absolute atomic E-state index is 11.6. The number of carbonyl (C=O) groups is 1. The fraction of sp³-hybridized carbons (Fsp3) is 0.417. The van der Waals surface area contributed by atoms with Crippen LogP contribution in [0.25, 0.3) is 0 Å². The summed E-state index contributed by atoms with van der Waals surface area (Å²) < 4.78 is 0.965. The average molecular weight is 286 g/mol. The van der Waals surface area contributed by atoms with Crippen LogP contribution in [0.15, 0.2) is 28.7 Å². The Morgan fingerprint density at radius 2 is 2.31 bits per heavy atom. The summed E-state index contributed by atoms with van der Waals surface area (Å²) in [6, 6.07) is 7.50. The maximum Gasteiger partial charge on any atom is 0.224 e. The van der Waals surface area contributed by atoms with E-state index in [2.05, 4.69) is 21.2 Å². The van der Waals surface area contributed by atoms with E-state index in [1.165, 1.54) is 0 Å². The van der Waals surface area contributed by atoms with Crippen LogP contribution in [-0.4, -0.2) is 23.7 Å². The van der Waals surface area contributed by atoms with E-state index < -0.39 is 0 Å². The van der Waals surface area contributed by atoms with Crippen molar-refractivity contribution in [1.29, 1.82) is 0 Å². The molecule has 0 bridgehead atoms. The molecular formula is C12H16BrNO2. The van der Waals surface area contributed by atoms with Crippen molar-refractivity contribution in [3.05, 3.63) is 34.3 Å². The molecule has 1 atom stereocenters. The van der Waals surface area contributed by atoms with Gasteiger partial charge in [-0.3, -0.25) is 4.79 Å². The van der Waals surface area contributed by atoms with Gasteiger partial charge in [0.25, 0.3) is 0 Å². The lowest BCUT2D eigenvalue weighted by Gasteiger charge is -2.13. The number of halogens is 1. The summed E-state index contributed by atoms with van der Waals surface area (Å²) >= 11 is 3.36. The Balaban J connectivity index is 2.51. The van der Waals surface area contributed by atoms with Crippen molar-refractivity contribution in [2.24, 2.45) is 0 Å². The van der Waals surface area contributed by atoms with Gasteiger partial charge in [0.15, 0.2) is 0 Å². The molecule has 1 rings (SSSR count). The third-order valence-electron chi connectivity index (χ3n) is 2.33. The van der Waals surface area contributed by atoms with Gasteiger partial charge in [0.2, 0.25) is 5.91 Å². The molecule has 0 aromatic heterocycles. The molecule has 0 radical (unpaired) electrons. The van der Waals surface area contributed by atoms with Crippen molar-refractivity contribution in [3.63, 3.8) is 0 Å². The first-order chi connectivity index (χ1) is 7.65. The molecule has 1 aromatic rings. The highest BCUT2D eigenvalue weighted by atomic mass is 79.9. The van der Waals surface area contributed by atoms with Crippen molar-refractivity contribution < 1.29 is 9.90 Å². The molecule has 0 saturated heterocycles. The van der Waals surface area contributed by atoms with E-state index in [1.807, 2.05) is 31.2 Å². The van der Waals surface area contributed by atoms with Crippen molar-refractivity contribution in [2.45, 2.75) is 25.8 Å². The second-order valence-corrected chi connectivity index (χ2v) is 4.58. The van der Waals surface area contributed by atoms with E-state index in [0.717, 1.165) is 16.5 Å². The first-order valence-electron chi connectivity index (χ1n) is 5.30. The van der Waals surface area contributed by atoms with E-state index in [0.29, 0.717) is 6.42 Å². The predicted molar refractivity (Wildman–Crippen MR) is 67.2 cm³/mol. The number of aliphatic hydroxyl groups excluding tert-OH is 1. The van der Waals surface area contributed by atoms with Crippen molar-refractivity contribution in [3.8, 4) is 0 Å². The molecule has 0 aliphatic rings. The van der Waals surface area contributed by atoms with Gasteiger partial charge in [-0.2, -0.15) is 0 Å². The SMILES string of the molecule is CC[C@@H](CO)NC(=O)Cc1cccc(Br)c1. The zero-order chi connectivity index (χ0) is 12.0. The van der Waals surface area contributed by atoms with Crippen molar-refractivity contribution in [2.75, 3.05) is 6.61 Å². The molecule has 2 N–H and O–H groups in total. The third kappa shape index (κ3) is 4.33. The van der Waals surface area contributed by atoms with Gasteiger partial charge in [-0.15, -0.1) is 0 Å². The summed E-state index contributed by atoms with van der Waals surface area (Å²) in [6.45, 7) is 1.92. The van der Waals surface area contributed by atoms with Crippen LogP contribution in [0.3, 0.4) is 0 Å². The summed E-state index contributed by atoms with van der Waals surface area (Å²) in [5.41, 5.74) is 0.958. The fourth-order valence-electron chi connectivity index (χ4n) is 1.39. The molecule has 0 heterocycles. The van der Waals surface area contributed by atoms with Gasteiger partial charge in [0.1, 0.15) is 0 Å². The highest BCUT2D eigenvalue weighted by Crippen LogP contribution is 2.12. The van der Waals surface area contributed by atoms with E-state index >= 15 is 0 Å². The monoisotopic (exact) mass is 285 g/mol. The minimum Gasteiger partial charge on any atom is -0.394 e. The molecule has 1 amide bonds. The molecular weight excluding hydrogens is 270 g/mol. The van der Waals surface area contributed by atoms with Gasteiger partial charge in [-0.1, -0.05) is 35.0 Å². The second-order valence-electron chi connectivity index (χ2n) is 3.66. The van der Waals surface area contributed by atoms with Gasteiger partial charge in [-0.25, -0.2) is 0 Å². The average Bonchev–Trinajstić information content (AvgIpc) is 2.26. The number of rotatable bonds is 5. The highest BCUT2D eigenvalue weighted by Gasteiger charge is 2.09. The minimum atomic E-state index is -0.139. The van der Waals surface area contributed by atoms with Crippen LogP contribution in [0.2, 0.25) is 0 Å². The number of nitrogens with one attached hydrogen (secondary N) is 1. The van der Waals surface area contributed by atoms with Crippen molar-refractivity contribution >= 4 is 21.8 Å². The van der Waals surface area contributed by atoms with E-state index in [9.17, 15) is 4.79 Å². The molecule has 0 spiro atoms. The van der Waals surface area contributed by atoms with Gasteiger partial charge in [0, 0.05) is 4.47 Å². The summed E-state index contributed by atoms with van der Waals surface area (Å²) in [7, 11) is 0. The van der Waals surface area contributed by atoms with Crippen LogP contribution in [-0.2, 0) is 11.2 Å². The Kier molecular flexibility index (Phi) is 5.49. The van der Waals surface area contributed by atoms with Gasteiger partial charge in [-0.05, 0) is 24.1 Å². The molecule has 0 aliphatic heterocycles. The maximum atomic E-state index is 11.6. The largest absolute Gasteiger partial charge is 0.394 e. The van der Waals surface area contributed by atoms with Gasteiger partial charge >= 0.3 is 0 Å². The Hall–Kier alpha value is -0.870. The van der Waals surface area contributed by atoms with Gasteiger partial charge < -0.3 is 10.4 Å². The number of hydrogen-bond donors (Lipinski definition) is 2. The fourth-order valence-corrected chi connectivity index (χ4v) is 1.83. The zero-order valence-electron chi connectivity index (χ0n) is 9.24. The normalized spacial score (nSPS) is 12.2. The lowest BCUT2D eigenvalue weighted by atomic mass is 10.1. The summed E-state index contributed by atoms with van der Waals surface area (Å²) in [5, 5.41) is 11.7. The summed E-state index contributed by atoms with van der Waals surface area (Å²) in [4.78, 5) is 11.6. The Bertz CT molecular complexity index is 351. The Labute approximate surface area is 104 Å². The van der Waals surface area contributed by atoms with Crippen LogP contribution in [0.5, 0.6) is 0 Å². The molecule has 4 heteroatoms. The van der Waals surface area contributed by atoms with Crippen LogP contribution >= 0.6 is 15.9 Å².